The Morgan fingerprint density at radius 1 is 0.295 bits per heavy atom. The van der Waals surface area contributed by atoms with Crippen LogP contribution in [-0.2, 0) is 23.8 Å². The Bertz CT molecular complexity index is 845. The average Bonchev–Trinajstić information content (AvgIpc) is 3.26. The van der Waals surface area contributed by atoms with Crippen LogP contribution in [0, 0.1) is 0 Å². The van der Waals surface area contributed by atoms with Crippen LogP contribution in [0.2, 0.25) is 0 Å². The molecule has 0 bridgehead atoms. The number of carbonyl (C=O) groups is 2. The van der Waals surface area contributed by atoms with Crippen LogP contribution in [0.5, 0.6) is 0 Å². The SMILES string of the molecule is CCCCCCCCCCCCCCCCCCCC(=O)OC[C@@H](COCCCCCCCCCCCCCCCCCC)OC(=O)CCCCCCCCCCCCCC. The maximum atomic E-state index is 12.8. The summed E-state index contributed by atoms with van der Waals surface area (Å²) in [5.41, 5.74) is 0. The lowest BCUT2D eigenvalue weighted by molar-refractivity contribution is -0.163. The third-order valence-corrected chi connectivity index (χ3v) is 12.9. The molecule has 0 aliphatic carbocycles. The highest BCUT2D eigenvalue weighted by Crippen LogP contribution is 2.17. The molecule has 0 amide bonds. The monoisotopic (exact) mass is 863 g/mol. The zero-order valence-electron chi connectivity index (χ0n) is 42.0. The minimum atomic E-state index is -0.523. The van der Waals surface area contributed by atoms with Gasteiger partial charge < -0.3 is 14.2 Å². The van der Waals surface area contributed by atoms with Crippen LogP contribution in [0.3, 0.4) is 0 Å². The predicted molar refractivity (Wildman–Crippen MR) is 266 cm³/mol. The van der Waals surface area contributed by atoms with Crippen LogP contribution in [0.15, 0.2) is 0 Å². The van der Waals surface area contributed by atoms with Gasteiger partial charge in [0.15, 0.2) is 6.10 Å². The molecule has 0 aliphatic rings. The van der Waals surface area contributed by atoms with Crippen molar-refractivity contribution in [2.45, 2.75) is 329 Å². The van der Waals surface area contributed by atoms with E-state index in [0.29, 0.717) is 26.1 Å². The normalized spacial score (nSPS) is 12.0. The fourth-order valence-electron chi connectivity index (χ4n) is 8.69. The van der Waals surface area contributed by atoms with Crippen LogP contribution in [0.4, 0.5) is 0 Å². The van der Waals surface area contributed by atoms with Gasteiger partial charge in [-0.05, 0) is 19.3 Å². The van der Waals surface area contributed by atoms with E-state index in [0.717, 1.165) is 32.1 Å². The maximum absolute atomic E-state index is 12.8. The molecule has 0 rings (SSSR count). The highest BCUT2D eigenvalue weighted by Gasteiger charge is 2.17. The third kappa shape index (κ3) is 51.4. The van der Waals surface area contributed by atoms with Gasteiger partial charge in [-0.2, -0.15) is 0 Å². The Labute approximate surface area is 382 Å². The molecule has 5 nitrogen and oxygen atoms in total. The highest BCUT2D eigenvalue weighted by atomic mass is 16.6. The van der Waals surface area contributed by atoms with E-state index in [9.17, 15) is 9.59 Å². The van der Waals surface area contributed by atoms with Gasteiger partial charge in [-0.3, -0.25) is 9.59 Å². The van der Waals surface area contributed by atoms with Crippen LogP contribution in [0.25, 0.3) is 0 Å². The van der Waals surface area contributed by atoms with Crippen molar-refractivity contribution in [3.05, 3.63) is 0 Å². The second-order valence-corrected chi connectivity index (χ2v) is 19.2. The van der Waals surface area contributed by atoms with Crippen molar-refractivity contribution in [3.63, 3.8) is 0 Å². The van der Waals surface area contributed by atoms with Crippen molar-refractivity contribution in [2.24, 2.45) is 0 Å². The van der Waals surface area contributed by atoms with Gasteiger partial charge in [-0.25, -0.2) is 0 Å². The minimum absolute atomic E-state index is 0.0981. The fourth-order valence-corrected chi connectivity index (χ4v) is 8.69. The van der Waals surface area contributed by atoms with Crippen molar-refractivity contribution < 1.29 is 23.8 Å². The van der Waals surface area contributed by atoms with Crippen LogP contribution >= 0.6 is 0 Å². The maximum Gasteiger partial charge on any atom is 0.306 e. The van der Waals surface area contributed by atoms with Crippen molar-refractivity contribution in [2.75, 3.05) is 19.8 Å². The second kappa shape index (κ2) is 53.2. The quantitative estimate of drug-likeness (QED) is 0.0450. The van der Waals surface area contributed by atoms with Crippen molar-refractivity contribution in [1.82, 2.24) is 0 Å². The molecule has 0 heterocycles. The molecule has 364 valence electrons. The van der Waals surface area contributed by atoms with E-state index >= 15 is 0 Å². The molecule has 0 unspecified atom stereocenters. The van der Waals surface area contributed by atoms with Crippen molar-refractivity contribution in [3.8, 4) is 0 Å². The number of rotatable bonds is 53. The Balaban J connectivity index is 4.15. The molecule has 0 saturated heterocycles. The lowest BCUT2D eigenvalue weighted by Gasteiger charge is -2.18. The largest absolute Gasteiger partial charge is 0.462 e. The summed E-state index contributed by atoms with van der Waals surface area (Å²) in [6.45, 7) is 7.92. The first-order valence-corrected chi connectivity index (χ1v) is 28.1. The molecule has 0 aliphatic heterocycles. The smallest absolute Gasteiger partial charge is 0.306 e. The summed E-state index contributed by atoms with van der Waals surface area (Å²) in [6, 6.07) is 0. The predicted octanol–water partition coefficient (Wildman–Crippen LogP) is 18.9. The first-order valence-electron chi connectivity index (χ1n) is 28.1. The standard InChI is InChI=1S/C56H110O5/c1-4-7-10-13-16-19-22-25-27-29-30-32-35-37-40-43-46-49-55(57)60-53-54(61-56(58)50-47-44-41-38-34-24-21-18-15-12-9-6-3)52-59-51-48-45-42-39-36-33-31-28-26-23-20-17-14-11-8-5-2/h54H,4-53H2,1-3H3/t54-/m1/s1. The van der Waals surface area contributed by atoms with Gasteiger partial charge in [0.2, 0.25) is 0 Å². The summed E-state index contributed by atoms with van der Waals surface area (Å²) in [5, 5.41) is 0. The Morgan fingerprint density at radius 2 is 0.541 bits per heavy atom. The fraction of sp³-hybridized carbons (Fsp3) is 0.964. The number of esters is 2. The molecule has 0 fully saturated rings. The Kier molecular flexibility index (Phi) is 52.3. The van der Waals surface area contributed by atoms with Gasteiger partial charge in [0.05, 0.1) is 6.61 Å². The molecule has 0 spiro atoms. The lowest BCUT2D eigenvalue weighted by Crippen LogP contribution is -2.30. The summed E-state index contributed by atoms with van der Waals surface area (Å²) < 4.78 is 17.5. The van der Waals surface area contributed by atoms with Crippen LogP contribution in [0.1, 0.15) is 323 Å². The summed E-state index contributed by atoms with van der Waals surface area (Å²) >= 11 is 0. The van der Waals surface area contributed by atoms with E-state index in [-0.39, 0.29) is 18.5 Å². The summed E-state index contributed by atoms with van der Waals surface area (Å²) in [7, 11) is 0. The van der Waals surface area contributed by atoms with Gasteiger partial charge in [0, 0.05) is 19.4 Å². The molecule has 61 heavy (non-hydrogen) atoms. The van der Waals surface area contributed by atoms with Crippen molar-refractivity contribution in [1.29, 1.82) is 0 Å². The first kappa shape index (κ1) is 59.9. The topological polar surface area (TPSA) is 61.8 Å². The first-order chi connectivity index (χ1) is 30.1. The van der Waals surface area contributed by atoms with Gasteiger partial charge >= 0.3 is 11.9 Å². The van der Waals surface area contributed by atoms with Gasteiger partial charge in [0.1, 0.15) is 6.61 Å². The molecule has 1 atom stereocenters. The van der Waals surface area contributed by atoms with E-state index in [2.05, 4.69) is 20.8 Å². The van der Waals surface area contributed by atoms with E-state index in [1.165, 1.54) is 257 Å². The van der Waals surface area contributed by atoms with Gasteiger partial charge in [0.25, 0.3) is 0 Å². The van der Waals surface area contributed by atoms with E-state index in [4.69, 9.17) is 14.2 Å². The van der Waals surface area contributed by atoms with Crippen LogP contribution < -0.4 is 0 Å². The summed E-state index contributed by atoms with van der Waals surface area (Å²) in [5.74, 6) is -0.368. The third-order valence-electron chi connectivity index (χ3n) is 12.9. The number of unbranched alkanes of at least 4 members (excludes halogenated alkanes) is 42. The molecule has 5 heteroatoms. The van der Waals surface area contributed by atoms with Crippen molar-refractivity contribution >= 4 is 11.9 Å². The highest BCUT2D eigenvalue weighted by molar-refractivity contribution is 5.70. The summed E-state index contributed by atoms with van der Waals surface area (Å²) in [4.78, 5) is 25.4. The number of hydrogen-bond donors (Lipinski definition) is 0. The van der Waals surface area contributed by atoms with Gasteiger partial charge in [-0.15, -0.1) is 0 Å². The van der Waals surface area contributed by atoms with E-state index < -0.39 is 6.10 Å². The zero-order chi connectivity index (χ0) is 44.2. The second-order valence-electron chi connectivity index (χ2n) is 19.2. The average molecular weight is 863 g/mol. The molecular weight excluding hydrogens is 753 g/mol. The molecule has 0 saturated carbocycles. The molecule has 0 aromatic heterocycles. The summed E-state index contributed by atoms with van der Waals surface area (Å²) in [6.07, 6.45) is 59.7. The number of hydrogen-bond acceptors (Lipinski definition) is 5. The molecule has 0 aromatic carbocycles. The zero-order valence-corrected chi connectivity index (χ0v) is 42.0. The molecule has 0 N–H and O–H groups in total. The molecular formula is C56H110O5. The van der Waals surface area contributed by atoms with Gasteiger partial charge in [-0.1, -0.05) is 290 Å². The number of carbonyl (C=O) groups excluding carboxylic acids is 2. The minimum Gasteiger partial charge on any atom is -0.462 e. The number of ether oxygens (including phenoxy) is 3. The Morgan fingerprint density at radius 3 is 0.836 bits per heavy atom. The molecule has 0 radical (unpaired) electrons. The Hall–Kier alpha value is -1.10. The lowest BCUT2D eigenvalue weighted by atomic mass is 10.0. The molecule has 0 aromatic rings. The van der Waals surface area contributed by atoms with Crippen LogP contribution in [-0.4, -0.2) is 37.9 Å². The van der Waals surface area contributed by atoms with E-state index in [1.54, 1.807) is 0 Å². The van der Waals surface area contributed by atoms with E-state index in [1.807, 2.05) is 0 Å².